The van der Waals surface area contributed by atoms with Crippen LogP contribution in [0.15, 0.2) is 36.1 Å². The summed E-state index contributed by atoms with van der Waals surface area (Å²) < 4.78 is 0. The summed E-state index contributed by atoms with van der Waals surface area (Å²) >= 11 is 0. The molecule has 0 atom stereocenters. The first-order valence-corrected chi connectivity index (χ1v) is 4.85. The quantitative estimate of drug-likeness (QED) is 0.650. The second-order valence-corrected chi connectivity index (χ2v) is 4.02. The predicted octanol–water partition coefficient (Wildman–Crippen LogP) is 3.16. The first-order chi connectivity index (χ1) is 6.09. The second kappa shape index (κ2) is 3.82. The van der Waals surface area contributed by atoms with Crippen LogP contribution in [0.2, 0.25) is 0 Å². The van der Waals surface area contributed by atoms with Crippen LogP contribution in [-0.2, 0) is 0 Å². The molecule has 0 aromatic heterocycles. The van der Waals surface area contributed by atoms with Gasteiger partial charge in [-0.2, -0.15) is 0 Å². The topological polar surface area (TPSA) is 12.0 Å². The molecule has 1 heteroatoms. The van der Waals surface area contributed by atoms with E-state index in [9.17, 15) is 0 Å². The molecule has 0 saturated heterocycles. The Balaban J connectivity index is 2.61. The summed E-state index contributed by atoms with van der Waals surface area (Å²) in [4.78, 5) is 0. The lowest BCUT2D eigenvalue weighted by Crippen LogP contribution is -2.26. The van der Waals surface area contributed by atoms with Crippen molar-refractivity contribution in [3.05, 3.63) is 36.1 Å². The molecule has 1 fully saturated rings. The lowest BCUT2D eigenvalue weighted by atomic mass is 10.2. The molecule has 0 heterocycles. The molecule has 0 bridgehead atoms. The van der Waals surface area contributed by atoms with Crippen molar-refractivity contribution in [2.24, 2.45) is 0 Å². The molecule has 0 aromatic carbocycles. The average Bonchev–Trinajstić information content (AvgIpc) is 2.82. The molecule has 1 N–H and O–H groups in total. The SMILES string of the molecule is C=C/C(=C\C(C)=C\C)NC1(C)CC1. The summed E-state index contributed by atoms with van der Waals surface area (Å²) in [6.45, 7) is 10.2. The van der Waals surface area contributed by atoms with Crippen molar-refractivity contribution in [2.75, 3.05) is 0 Å². The van der Waals surface area contributed by atoms with Gasteiger partial charge in [-0.3, -0.25) is 0 Å². The maximum absolute atomic E-state index is 3.80. The summed E-state index contributed by atoms with van der Waals surface area (Å²) in [5.41, 5.74) is 2.75. The van der Waals surface area contributed by atoms with Gasteiger partial charge >= 0.3 is 0 Å². The summed E-state index contributed by atoms with van der Waals surface area (Å²) in [7, 11) is 0. The van der Waals surface area contributed by atoms with E-state index in [1.54, 1.807) is 0 Å². The molecule has 0 amide bonds. The van der Waals surface area contributed by atoms with Crippen LogP contribution in [0.4, 0.5) is 0 Å². The van der Waals surface area contributed by atoms with E-state index in [1.165, 1.54) is 18.4 Å². The summed E-state index contributed by atoms with van der Waals surface area (Å²) in [5.74, 6) is 0. The van der Waals surface area contributed by atoms with Crippen molar-refractivity contribution >= 4 is 0 Å². The minimum Gasteiger partial charge on any atom is -0.380 e. The van der Waals surface area contributed by atoms with Gasteiger partial charge in [-0.25, -0.2) is 0 Å². The normalized spacial score (nSPS) is 21.2. The minimum atomic E-state index is 0.341. The standard InChI is InChI=1S/C12H19N/c1-5-10(3)9-11(6-2)13-12(4)7-8-12/h5-6,9,13H,2,7-8H2,1,3-4H3/b10-5+,11-9+. The highest BCUT2D eigenvalue weighted by Gasteiger charge is 2.36. The van der Waals surface area contributed by atoms with E-state index in [4.69, 9.17) is 0 Å². The molecular weight excluding hydrogens is 158 g/mol. The fraction of sp³-hybridized carbons (Fsp3) is 0.500. The van der Waals surface area contributed by atoms with E-state index in [2.05, 4.69) is 37.9 Å². The van der Waals surface area contributed by atoms with Crippen LogP contribution in [0.5, 0.6) is 0 Å². The number of allylic oxidation sites excluding steroid dienone is 4. The Morgan fingerprint density at radius 3 is 2.46 bits per heavy atom. The zero-order valence-electron chi connectivity index (χ0n) is 8.85. The number of nitrogens with one attached hydrogen (secondary N) is 1. The zero-order chi connectivity index (χ0) is 9.90. The van der Waals surface area contributed by atoms with Crippen molar-refractivity contribution in [3.63, 3.8) is 0 Å². The third kappa shape index (κ3) is 3.10. The third-order valence-electron chi connectivity index (χ3n) is 2.50. The fourth-order valence-electron chi connectivity index (χ4n) is 1.14. The zero-order valence-corrected chi connectivity index (χ0v) is 8.85. The first kappa shape index (κ1) is 10.1. The number of hydrogen-bond donors (Lipinski definition) is 1. The largest absolute Gasteiger partial charge is 0.380 e. The Kier molecular flexibility index (Phi) is 2.97. The van der Waals surface area contributed by atoms with E-state index >= 15 is 0 Å². The van der Waals surface area contributed by atoms with Gasteiger partial charge in [-0.15, -0.1) is 0 Å². The van der Waals surface area contributed by atoms with Gasteiger partial charge in [0.1, 0.15) is 0 Å². The maximum atomic E-state index is 3.80. The maximum Gasteiger partial charge on any atom is 0.0347 e. The lowest BCUT2D eigenvalue weighted by Gasteiger charge is -2.13. The van der Waals surface area contributed by atoms with Crippen LogP contribution in [0.1, 0.15) is 33.6 Å². The molecule has 1 rings (SSSR count). The van der Waals surface area contributed by atoms with Crippen LogP contribution in [-0.4, -0.2) is 5.54 Å². The summed E-state index contributed by atoms with van der Waals surface area (Å²) in [6, 6.07) is 0. The van der Waals surface area contributed by atoms with Gasteiger partial charge in [-0.1, -0.05) is 18.2 Å². The third-order valence-corrected chi connectivity index (χ3v) is 2.50. The summed E-state index contributed by atoms with van der Waals surface area (Å²) in [5, 5.41) is 3.48. The molecule has 72 valence electrons. The molecule has 0 radical (unpaired) electrons. The van der Waals surface area contributed by atoms with Crippen molar-refractivity contribution in [2.45, 2.75) is 39.2 Å². The van der Waals surface area contributed by atoms with E-state index in [0.717, 1.165) is 5.70 Å². The highest BCUT2D eigenvalue weighted by atomic mass is 15.0. The van der Waals surface area contributed by atoms with Crippen LogP contribution >= 0.6 is 0 Å². The molecule has 13 heavy (non-hydrogen) atoms. The van der Waals surface area contributed by atoms with E-state index < -0.39 is 0 Å². The van der Waals surface area contributed by atoms with Gasteiger partial charge in [0, 0.05) is 11.2 Å². The van der Waals surface area contributed by atoms with E-state index in [1.807, 2.05) is 13.0 Å². The highest BCUT2D eigenvalue weighted by molar-refractivity contribution is 5.28. The second-order valence-electron chi connectivity index (χ2n) is 4.02. The van der Waals surface area contributed by atoms with E-state index in [0.29, 0.717) is 5.54 Å². The monoisotopic (exact) mass is 177 g/mol. The predicted molar refractivity (Wildman–Crippen MR) is 58.5 cm³/mol. The Labute approximate surface area is 81.2 Å². The molecule has 0 aromatic rings. The van der Waals surface area contributed by atoms with Gasteiger partial charge in [-0.05, 0) is 45.8 Å². The first-order valence-electron chi connectivity index (χ1n) is 4.85. The molecular formula is C12H19N. The Hall–Kier alpha value is -0.980. The van der Waals surface area contributed by atoms with Gasteiger partial charge in [0.25, 0.3) is 0 Å². The molecule has 1 nitrogen and oxygen atoms in total. The van der Waals surface area contributed by atoms with Crippen LogP contribution in [0.3, 0.4) is 0 Å². The molecule has 0 aliphatic heterocycles. The highest BCUT2D eigenvalue weighted by Crippen LogP contribution is 2.35. The molecule has 0 spiro atoms. The molecule has 1 saturated carbocycles. The number of rotatable bonds is 4. The molecule has 1 aliphatic carbocycles. The van der Waals surface area contributed by atoms with Crippen molar-refractivity contribution in [3.8, 4) is 0 Å². The molecule has 1 aliphatic rings. The van der Waals surface area contributed by atoms with Crippen molar-refractivity contribution in [1.29, 1.82) is 0 Å². The lowest BCUT2D eigenvalue weighted by molar-refractivity contribution is 0.619. The Morgan fingerprint density at radius 1 is 1.46 bits per heavy atom. The smallest absolute Gasteiger partial charge is 0.0347 e. The van der Waals surface area contributed by atoms with Gasteiger partial charge in [0.2, 0.25) is 0 Å². The van der Waals surface area contributed by atoms with Crippen molar-refractivity contribution < 1.29 is 0 Å². The van der Waals surface area contributed by atoms with Crippen molar-refractivity contribution in [1.82, 2.24) is 5.32 Å². The van der Waals surface area contributed by atoms with E-state index in [-0.39, 0.29) is 0 Å². The van der Waals surface area contributed by atoms with Gasteiger partial charge < -0.3 is 5.32 Å². The number of hydrogen-bond acceptors (Lipinski definition) is 1. The fourth-order valence-corrected chi connectivity index (χ4v) is 1.14. The van der Waals surface area contributed by atoms with Crippen LogP contribution < -0.4 is 5.32 Å². The Morgan fingerprint density at radius 2 is 2.08 bits per heavy atom. The Bertz CT molecular complexity index is 254. The summed E-state index contributed by atoms with van der Waals surface area (Å²) in [6.07, 6.45) is 8.66. The van der Waals surface area contributed by atoms with Crippen LogP contribution in [0, 0.1) is 0 Å². The van der Waals surface area contributed by atoms with Gasteiger partial charge in [0.15, 0.2) is 0 Å². The molecule has 0 unspecified atom stereocenters. The average molecular weight is 177 g/mol. The van der Waals surface area contributed by atoms with Gasteiger partial charge in [0.05, 0.1) is 0 Å². The van der Waals surface area contributed by atoms with Crippen LogP contribution in [0.25, 0.3) is 0 Å². The minimum absolute atomic E-state index is 0.341.